The quantitative estimate of drug-likeness (QED) is 0.515. The van der Waals surface area contributed by atoms with E-state index >= 15 is 0 Å². The molecule has 0 radical (unpaired) electrons. The van der Waals surface area contributed by atoms with Gasteiger partial charge in [0.2, 0.25) is 11.6 Å². The second-order valence-corrected chi connectivity index (χ2v) is 4.72. The number of aromatic nitrogens is 1. The molecule has 0 atom stereocenters. The Morgan fingerprint density at radius 3 is 2.95 bits per heavy atom. The second kappa shape index (κ2) is 6.49. The van der Waals surface area contributed by atoms with Crippen molar-refractivity contribution in [2.75, 3.05) is 5.43 Å². The van der Waals surface area contributed by atoms with Crippen LogP contribution in [-0.4, -0.2) is 16.1 Å². The van der Waals surface area contributed by atoms with Crippen LogP contribution in [-0.2, 0) is 0 Å². The number of oxazole rings is 1. The standard InChI is InChI=1S/C14H13N5O3/c1-9(2)13-17-12(7-15)14(22-13)18-16-8-10-4-3-5-11(6-10)19(20)21/h3-6,8-9,18H,1-2H3/b16-8+. The van der Waals surface area contributed by atoms with E-state index < -0.39 is 4.92 Å². The summed E-state index contributed by atoms with van der Waals surface area (Å²) in [5.74, 6) is 0.626. The molecule has 0 spiro atoms. The highest BCUT2D eigenvalue weighted by Gasteiger charge is 2.14. The molecule has 0 fully saturated rings. The average molecular weight is 299 g/mol. The summed E-state index contributed by atoms with van der Waals surface area (Å²) in [7, 11) is 0. The maximum Gasteiger partial charge on any atom is 0.270 e. The van der Waals surface area contributed by atoms with Crippen LogP contribution in [0.15, 0.2) is 33.8 Å². The molecule has 0 unspecified atom stereocenters. The highest BCUT2D eigenvalue weighted by molar-refractivity contribution is 5.81. The number of nitrogens with one attached hydrogen (secondary N) is 1. The Hall–Kier alpha value is -3.21. The molecule has 2 aromatic rings. The van der Waals surface area contributed by atoms with Crippen molar-refractivity contribution in [3.8, 4) is 6.07 Å². The monoisotopic (exact) mass is 299 g/mol. The first-order valence-corrected chi connectivity index (χ1v) is 6.45. The highest BCUT2D eigenvalue weighted by Crippen LogP contribution is 2.22. The van der Waals surface area contributed by atoms with Gasteiger partial charge in [0.1, 0.15) is 6.07 Å². The fraction of sp³-hybridized carbons (Fsp3) is 0.214. The number of benzene rings is 1. The number of nitro groups is 1. The minimum atomic E-state index is -0.482. The van der Waals surface area contributed by atoms with Crippen molar-refractivity contribution in [2.45, 2.75) is 19.8 Å². The van der Waals surface area contributed by atoms with Crippen LogP contribution in [0.3, 0.4) is 0 Å². The Balaban J connectivity index is 2.14. The average Bonchev–Trinajstić information content (AvgIpc) is 2.91. The molecule has 0 amide bonds. The number of nitro benzene ring substituents is 1. The normalized spacial score (nSPS) is 10.8. The summed E-state index contributed by atoms with van der Waals surface area (Å²) in [5, 5.41) is 23.6. The van der Waals surface area contributed by atoms with Gasteiger partial charge in [-0.05, 0) is 0 Å². The van der Waals surface area contributed by atoms with Crippen molar-refractivity contribution in [1.29, 1.82) is 5.26 Å². The molecule has 22 heavy (non-hydrogen) atoms. The number of anilines is 1. The molecule has 2 rings (SSSR count). The largest absolute Gasteiger partial charge is 0.422 e. The summed E-state index contributed by atoms with van der Waals surface area (Å²) in [5.41, 5.74) is 3.22. The molecule has 1 aromatic heterocycles. The zero-order valence-electron chi connectivity index (χ0n) is 12.0. The van der Waals surface area contributed by atoms with Crippen molar-refractivity contribution < 1.29 is 9.34 Å². The van der Waals surface area contributed by atoms with E-state index in [-0.39, 0.29) is 23.2 Å². The zero-order chi connectivity index (χ0) is 16.1. The van der Waals surface area contributed by atoms with Crippen LogP contribution in [0.1, 0.15) is 36.9 Å². The lowest BCUT2D eigenvalue weighted by Crippen LogP contribution is -1.93. The van der Waals surface area contributed by atoms with Gasteiger partial charge in [-0.1, -0.05) is 26.0 Å². The van der Waals surface area contributed by atoms with E-state index in [1.165, 1.54) is 18.3 Å². The Labute approximate surface area is 126 Å². The van der Waals surface area contributed by atoms with Gasteiger partial charge in [-0.25, -0.2) is 10.4 Å². The second-order valence-electron chi connectivity index (χ2n) is 4.72. The van der Waals surface area contributed by atoms with Crippen molar-refractivity contribution in [3.05, 3.63) is 51.5 Å². The van der Waals surface area contributed by atoms with E-state index in [4.69, 9.17) is 9.68 Å². The number of non-ortho nitro benzene ring substituents is 1. The van der Waals surface area contributed by atoms with E-state index in [1.54, 1.807) is 12.1 Å². The van der Waals surface area contributed by atoms with Gasteiger partial charge in [-0.3, -0.25) is 10.1 Å². The maximum absolute atomic E-state index is 10.7. The van der Waals surface area contributed by atoms with Gasteiger partial charge in [0.05, 0.1) is 11.1 Å². The molecule has 8 nitrogen and oxygen atoms in total. The molecule has 1 N–H and O–H groups in total. The summed E-state index contributed by atoms with van der Waals surface area (Å²) in [6.45, 7) is 3.78. The Kier molecular flexibility index (Phi) is 4.48. The number of rotatable bonds is 5. The molecule has 0 aliphatic rings. The van der Waals surface area contributed by atoms with Crippen LogP contribution in [0.2, 0.25) is 0 Å². The van der Waals surface area contributed by atoms with Crippen molar-refractivity contribution >= 4 is 17.8 Å². The molecule has 0 bridgehead atoms. The van der Waals surface area contributed by atoms with E-state index in [1.807, 2.05) is 19.9 Å². The summed E-state index contributed by atoms with van der Waals surface area (Å²) < 4.78 is 5.40. The lowest BCUT2D eigenvalue weighted by molar-refractivity contribution is -0.384. The first kappa shape index (κ1) is 15.2. The first-order chi connectivity index (χ1) is 10.5. The third kappa shape index (κ3) is 3.46. The SMILES string of the molecule is CC(C)c1nc(C#N)c(N/N=C/c2cccc([N+](=O)[O-])c2)o1. The van der Waals surface area contributed by atoms with Crippen LogP contribution in [0.4, 0.5) is 11.6 Å². The van der Waals surface area contributed by atoms with Gasteiger partial charge >= 0.3 is 0 Å². The van der Waals surface area contributed by atoms with Crippen LogP contribution < -0.4 is 5.43 Å². The number of hydrogen-bond donors (Lipinski definition) is 1. The summed E-state index contributed by atoms with van der Waals surface area (Å²) in [6, 6.07) is 7.92. The molecular weight excluding hydrogens is 286 g/mol. The Morgan fingerprint density at radius 1 is 1.55 bits per heavy atom. The minimum Gasteiger partial charge on any atom is -0.422 e. The summed E-state index contributed by atoms with van der Waals surface area (Å²) in [6.07, 6.45) is 1.39. The third-order valence-corrected chi connectivity index (χ3v) is 2.70. The van der Waals surface area contributed by atoms with Gasteiger partial charge in [0.25, 0.3) is 11.6 Å². The number of hydrogen-bond acceptors (Lipinski definition) is 7. The topological polar surface area (TPSA) is 117 Å². The molecule has 0 aliphatic carbocycles. The van der Waals surface area contributed by atoms with Crippen molar-refractivity contribution in [3.63, 3.8) is 0 Å². The highest BCUT2D eigenvalue weighted by atomic mass is 16.6. The third-order valence-electron chi connectivity index (χ3n) is 2.70. The molecular formula is C14H13N5O3. The lowest BCUT2D eigenvalue weighted by Gasteiger charge is -1.97. The predicted octanol–water partition coefficient (Wildman–Crippen LogP) is 3.02. The fourth-order valence-electron chi connectivity index (χ4n) is 1.62. The minimum absolute atomic E-state index is 0.0246. The van der Waals surface area contributed by atoms with Crippen LogP contribution in [0, 0.1) is 21.4 Å². The number of nitrogens with zero attached hydrogens (tertiary/aromatic N) is 4. The Morgan fingerprint density at radius 2 is 2.32 bits per heavy atom. The van der Waals surface area contributed by atoms with Gasteiger partial charge in [0, 0.05) is 23.6 Å². The summed E-state index contributed by atoms with van der Waals surface area (Å²) in [4.78, 5) is 14.2. The van der Waals surface area contributed by atoms with Crippen LogP contribution >= 0.6 is 0 Å². The predicted molar refractivity (Wildman–Crippen MR) is 79.6 cm³/mol. The molecule has 0 saturated carbocycles. The fourth-order valence-corrected chi connectivity index (χ4v) is 1.62. The zero-order valence-corrected chi connectivity index (χ0v) is 12.0. The van der Waals surface area contributed by atoms with E-state index in [2.05, 4.69) is 15.5 Å². The van der Waals surface area contributed by atoms with Crippen molar-refractivity contribution in [2.24, 2.45) is 5.10 Å². The first-order valence-electron chi connectivity index (χ1n) is 6.45. The molecule has 1 heterocycles. The van der Waals surface area contributed by atoms with E-state index in [0.717, 1.165) is 0 Å². The van der Waals surface area contributed by atoms with Crippen LogP contribution in [0.25, 0.3) is 0 Å². The molecule has 0 saturated heterocycles. The van der Waals surface area contributed by atoms with Crippen LogP contribution in [0.5, 0.6) is 0 Å². The van der Waals surface area contributed by atoms with Crippen molar-refractivity contribution in [1.82, 2.24) is 4.98 Å². The van der Waals surface area contributed by atoms with Gasteiger partial charge in [-0.2, -0.15) is 10.4 Å². The number of nitriles is 1. The number of hydrazone groups is 1. The molecule has 112 valence electrons. The lowest BCUT2D eigenvalue weighted by atomic mass is 10.2. The Bertz CT molecular complexity index is 758. The van der Waals surface area contributed by atoms with Gasteiger partial charge in [0.15, 0.2) is 0 Å². The molecule has 1 aromatic carbocycles. The maximum atomic E-state index is 10.7. The molecule has 8 heteroatoms. The smallest absolute Gasteiger partial charge is 0.270 e. The summed E-state index contributed by atoms with van der Waals surface area (Å²) >= 11 is 0. The van der Waals surface area contributed by atoms with Gasteiger partial charge in [-0.15, -0.1) is 0 Å². The van der Waals surface area contributed by atoms with E-state index in [0.29, 0.717) is 11.5 Å². The van der Waals surface area contributed by atoms with Gasteiger partial charge < -0.3 is 4.42 Å². The molecule has 0 aliphatic heterocycles. The van der Waals surface area contributed by atoms with E-state index in [9.17, 15) is 10.1 Å².